The molecule has 2 fully saturated rings. The molecular formula is C19H17N3O2. The van der Waals surface area contributed by atoms with Gasteiger partial charge in [0.1, 0.15) is 0 Å². The van der Waals surface area contributed by atoms with Crippen LogP contribution < -0.4 is 0 Å². The minimum Gasteiger partial charge on any atom is -0.277 e. The van der Waals surface area contributed by atoms with Crippen LogP contribution in [0.2, 0.25) is 0 Å². The second-order valence-corrected chi connectivity index (χ2v) is 6.84. The normalized spacial score (nSPS) is 30.4. The number of rotatable bonds is 3. The number of allylic oxidation sites excluding steroid dienone is 2. The summed E-state index contributed by atoms with van der Waals surface area (Å²) < 4.78 is 1.77. The Morgan fingerprint density at radius 2 is 1.71 bits per heavy atom. The zero-order valence-corrected chi connectivity index (χ0v) is 13.1. The van der Waals surface area contributed by atoms with Gasteiger partial charge in [0.05, 0.1) is 24.1 Å². The van der Waals surface area contributed by atoms with Crippen LogP contribution in [-0.4, -0.2) is 26.5 Å². The lowest BCUT2D eigenvalue weighted by Gasteiger charge is -2.19. The summed E-state index contributed by atoms with van der Waals surface area (Å²) in [4.78, 5) is 27.1. The summed E-state index contributed by atoms with van der Waals surface area (Å²) in [6, 6.07) is 9.64. The van der Waals surface area contributed by atoms with Crippen molar-refractivity contribution in [3.05, 3.63) is 60.4 Å². The third-order valence-electron chi connectivity index (χ3n) is 5.63. The largest absolute Gasteiger partial charge is 0.277 e. The average Bonchev–Trinajstić information content (AvgIpc) is 3.37. The number of carbonyl (C=O) groups is 2. The van der Waals surface area contributed by atoms with Gasteiger partial charge in [-0.2, -0.15) is 5.10 Å². The lowest BCUT2D eigenvalue weighted by Crippen LogP contribution is -2.32. The maximum Gasteiger partial charge on any atom is 0.234 e. The topological polar surface area (TPSA) is 55.2 Å². The number of amides is 2. The molecule has 1 saturated heterocycles. The second kappa shape index (κ2) is 4.90. The third kappa shape index (κ3) is 1.78. The van der Waals surface area contributed by atoms with Crippen LogP contribution in [0.1, 0.15) is 12.0 Å². The Kier molecular flexibility index (Phi) is 2.80. The number of likely N-dealkylation sites (tertiary alicyclic amines) is 1. The number of hydrogen-bond donors (Lipinski definition) is 0. The van der Waals surface area contributed by atoms with E-state index < -0.39 is 0 Å². The van der Waals surface area contributed by atoms with Crippen LogP contribution >= 0.6 is 0 Å². The zero-order chi connectivity index (χ0) is 16.3. The van der Waals surface area contributed by atoms with Crippen molar-refractivity contribution in [2.45, 2.75) is 13.0 Å². The molecule has 4 atom stereocenters. The molecule has 2 aromatic rings. The van der Waals surface area contributed by atoms with E-state index >= 15 is 0 Å². The average molecular weight is 319 g/mol. The van der Waals surface area contributed by atoms with Gasteiger partial charge < -0.3 is 0 Å². The molecule has 5 rings (SSSR count). The molecule has 1 aromatic carbocycles. The van der Waals surface area contributed by atoms with Crippen molar-refractivity contribution in [3.8, 4) is 5.69 Å². The zero-order valence-electron chi connectivity index (χ0n) is 13.1. The van der Waals surface area contributed by atoms with Crippen molar-refractivity contribution in [3.63, 3.8) is 0 Å². The van der Waals surface area contributed by atoms with Crippen molar-refractivity contribution in [1.82, 2.24) is 14.7 Å². The van der Waals surface area contributed by atoms with E-state index in [0.29, 0.717) is 6.54 Å². The first-order valence-corrected chi connectivity index (χ1v) is 8.35. The molecule has 24 heavy (non-hydrogen) atoms. The fraction of sp³-hybridized carbons (Fsp3) is 0.316. The Labute approximate surface area is 139 Å². The summed E-state index contributed by atoms with van der Waals surface area (Å²) in [5.41, 5.74) is 1.84. The van der Waals surface area contributed by atoms with Gasteiger partial charge in [-0.25, -0.2) is 4.68 Å². The van der Waals surface area contributed by atoms with E-state index in [9.17, 15) is 9.59 Å². The molecule has 1 aliphatic heterocycles. The summed E-state index contributed by atoms with van der Waals surface area (Å²) in [6.45, 7) is 0.320. The third-order valence-corrected chi connectivity index (χ3v) is 5.63. The van der Waals surface area contributed by atoms with Gasteiger partial charge in [-0.05, 0) is 36.0 Å². The van der Waals surface area contributed by atoms with E-state index in [2.05, 4.69) is 17.3 Å². The Morgan fingerprint density at radius 1 is 1.00 bits per heavy atom. The lowest BCUT2D eigenvalue weighted by molar-refractivity contribution is -0.141. The van der Waals surface area contributed by atoms with Gasteiger partial charge in [-0.1, -0.05) is 30.4 Å². The number of imide groups is 1. The van der Waals surface area contributed by atoms with Crippen LogP contribution in [0.5, 0.6) is 0 Å². The van der Waals surface area contributed by atoms with E-state index in [0.717, 1.165) is 17.7 Å². The van der Waals surface area contributed by atoms with Crippen molar-refractivity contribution < 1.29 is 9.59 Å². The molecule has 0 radical (unpaired) electrons. The molecule has 1 aromatic heterocycles. The number of carbonyl (C=O) groups excluding carboxylic acids is 2. The fourth-order valence-electron chi connectivity index (χ4n) is 4.57. The van der Waals surface area contributed by atoms with E-state index in [4.69, 9.17) is 0 Å². The Bertz CT molecular complexity index is 825. The molecule has 2 aliphatic carbocycles. The number of nitrogens with zero attached hydrogens (tertiary/aromatic N) is 3. The van der Waals surface area contributed by atoms with Gasteiger partial charge in [0.25, 0.3) is 0 Å². The van der Waals surface area contributed by atoms with Crippen LogP contribution in [0, 0.1) is 23.7 Å². The molecule has 2 bridgehead atoms. The highest BCUT2D eigenvalue weighted by Gasteiger charge is 2.59. The first-order chi connectivity index (χ1) is 11.7. The summed E-state index contributed by atoms with van der Waals surface area (Å²) in [7, 11) is 0. The number of fused-ring (bicyclic) bond motifs is 5. The maximum absolute atomic E-state index is 12.8. The monoisotopic (exact) mass is 319 g/mol. The van der Waals surface area contributed by atoms with Gasteiger partial charge in [-0.3, -0.25) is 14.5 Å². The van der Waals surface area contributed by atoms with Crippen molar-refractivity contribution >= 4 is 11.8 Å². The summed E-state index contributed by atoms with van der Waals surface area (Å²) in [5.74, 6) is 0.230. The number of benzene rings is 1. The highest BCUT2D eigenvalue weighted by atomic mass is 16.2. The number of hydrogen-bond acceptors (Lipinski definition) is 3. The highest BCUT2D eigenvalue weighted by molar-refractivity contribution is 6.06. The Balaban J connectivity index is 1.48. The Hall–Kier alpha value is -2.69. The van der Waals surface area contributed by atoms with Crippen molar-refractivity contribution in [1.29, 1.82) is 0 Å². The van der Waals surface area contributed by atoms with E-state index in [1.165, 1.54) is 4.90 Å². The van der Waals surface area contributed by atoms with E-state index in [-0.39, 0.29) is 35.5 Å². The molecule has 1 saturated carbocycles. The van der Waals surface area contributed by atoms with Crippen LogP contribution in [0.15, 0.2) is 54.9 Å². The summed E-state index contributed by atoms with van der Waals surface area (Å²) >= 11 is 0. The minimum atomic E-state index is -0.135. The second-order valence-electron chi connectivity index (χ2n) is 6.84. The molecule has 5 heteroatoms. The van der Waals surface area contributed by atoms with Crippen molar-refractivity contribution in [2.75, 3.05) is 0 Å². The quantitative estimate of drug-likeness (QED) is 0.643. The molecule has 0 N–H and O–H groups in total. The predicted molar refractivity (Wildman–Crippen MR) is 86.8 cm³/mol. The molecule has 120 valence electrons. The lowest BCUT2D eigenvalue weighted by atomic mass is 9.85. The van der Waals surface area contributed by atoms with E-state index in [1.54, 1.807) is 10.9 Å². The first-order valence-electron chi connectivity index (χ1n) is 8.35. The number of aromatic nitrogens is 2. The molecule has 5 nitrogen and oxygen atoms in total. The number of para-hydroxylation sites is 1. The van der Waals surface area contributed by atoms with Gasteiger partial charge in [0.15, 0.2) is 0 Å². The van der Waals surface area contributed by atoms with Gasteiger partial charge in [0, 0.05) is 12.4 Å². The van der Waals surface area contributed by atoms with Crippen LogP contribution in [0.3, 0.4) is 0 Å². The van der Waals surface area contributed by atoms with Gasteiger partial charge in [-0.15, -0.1) is 0 Å². The molecular weight excluding hydrogens is 302 g/mol. The molecule has 0 unspecified atom stereocenters. The first kappa shape index (κ1) is 13.7. The SMILES string of the molecule is O=C1[C@@H]2[C@H](C(=O)N1Cc1ccccc1-n1cccn1)[C@H]1C=C[C@H]2C1. The van der Waals surface area contributed by atoms with E-state index in [1.807, 2.05) is 36.5 Å². The molecule has 2 heterocycles. The van der Waals surface area contributed by atoms with Crippen molar-refractivity contribution in [2.24, 2.45) is 23.7 Å². The van der Waals surface area contributed by atoms with Crippen LogP contribution in [-0.2, 0) is 16.1 Å². The predicted octanol–water partition coefficient (Wildman–Crippen LogP) is 2.18. The standard InChI is InChI=1S/C19H17N3O2/c23-18-16-12-6-7-13(10-12)17(16)19(24)21(18)11-14-4-1-2-5-15(14)22-9-3-8-20-22/h1-9,12-13,16-17H,10-11H2/t12-,13-,16-,17+/m0/s1. The van der Waals surface area contributed by atoms with Crippen LogP contribution in [0.25, 0.3) is 5.69 Å². The molecule has 3 aliphatic rings. The smallest absolute Gasteiger partial charge is 0.234 e. The maximum atomic E-state index is 12.8. The van der Waals surface area contributed by atoms with Gasteiger partial charge in [0.2, 0.25) is 11.8 Å². The molecule has 2 amide bonds. The van der Waals surface area contributed by atoms with Crippen LogP contribution in [0.4, 0.5) is 0 Å². The summed E-state index contributed by atoms with van der Waals surface area (Å²) in [6.07, 6.45) is 8.79. The highest BCUT2D eigenvalue weighted by Crippen LogP contribution is 2.52. The minimum absolute atomic E-state index is 0.00267. The molecule has 0 spiro atoms. The van der Waals surface area contributed by atoms with Gasteiger partial charge >= 0.3 is 0 Å². The Morgan fingerprint density at radius 3 is 2.38 bits per heavy atom. The fourth-order valence-corrected chi connectivity index (χ4v) is 4.57. The summed E-state index contributed by atoms with van der Waals surface area (Å²) in [5, 5.41) is 4.27.